The lowest BCUT2D eigenvalue weighted by Crippen LogP contribution is -2.53. The van der Waals surface area contributed by atoms with Crippen LogP contribution in [0.4, 0.5) is 0 Å². The van der Waals surface area contributed by atoms with Crippen LogP contribution in [-0.4, -0.2) is 30.5 Å². The highest BCUT2D eigenvalue weighted by molar-refractivity contribution is 6.31. The highest BCUT2D eigenvalue weighted by atomic mass is 35.5. The molecule has 0 saturated carbocycles. The van der Waals surface area contributed by atoms with Gasteiger partial charge in [0.05, 0.1) is 5.54 Å². The van der Waals surface area contributed by atoms with Gasteiger partial charge in [0.1, 0.15) is 0 Å². The standard InChI is InChI=1S/C14H17Cl2NO2/c1-10-6-11(8-12(16)7-10)13(18)17-14(9-15)2-4-19-5-3-14/h6-8H,2-5,9H2,1H3,(H,17,18). The SMILES string of the molecule is Cc1cc(Cl)cc(C(=O)NC2(CCl)CCOCC2)c1. The Bertz CT molecular complexity index is 450. The van der Waals surface area contributed by atoms with E-state index in [0.717, 1.165) is 18.4 Å². The Labute approximate surface area is 123 Å². The van der Waals surface area contributed by atoms with Crippen molar-refractivity contribution in [3.63, 3.8) is 0 Å². The van der Waals surface area contributed by atoms with Crippen molar-refractivity contribution in [1.82, 2.24) is 5.32 Å². The molecule has 5 heteroatoms. The molecule has 0 spiro atoms. The van der Waals surface area contributed by atoms with Crippen LogP contribution in [0.5, 0.6) is 0 Å². The van der Waals surface area contributed by atoms with Crippen LogP contribution in [0.3, 0.4) is 0 Å². The molecular formula is C14H17Cl2NO2. The summed E-state index contributed by atoms with van der Waals surface area (Å²) in [6.45, 7) is 3.16. The second-order valence-corrected chi connectivity index (χ2v) is 5.70. The second-order valence-electron chi connectivity index (χ2n) is 5.00. The van der Waals surface area contributed by atoms with Crippen LogP contribution < -0.4 is 5.32 Å². The number of rotatable bonds is 3. The minimum Gasteiger partial charge on any atom is -0.381 e. The van der Waals surface area contributed by atoms with Gasteiger partial charge in [0.15, 0.2) is 0 Å². The first-order valence-corrected chi connectivity index (χ1v) is 7.19. The van der Waals surface area contributed by atoms with E-state index in [1.807, 2.05) is 19.1 Å². The van der Waals surface area contributed by atoms with Gasteiger partial charge in [0, 0.05) is 29.7 Å². The molecule has 1 saturated heterocycles. The van der Waals surface area contributed by atoms with Crippen LogP contribution in [0.1, 0.15) is 28.8 Å². The van der Waals surface area contributed by atoms with E-state index in [1.165, 1.54) is 0 Å². The van der Waals surface area contributed by atoms with E-state index >= 15 is 0 Å². The molecule has 0 atom stereocenters. The maximum atomic E-state index is 12.3. The molecule has 1 amide bonds. The quantitative estimate of drug-likeness (QED) is 0.871. The molecule has 0 aliphatic carbocycles. The Kier molecular flexibility index (Phi) is 4.71. The first kappa shape index (κ1) is 14.6. The van der Waals surface area contributed by atoms with Gasteiger partial charge < -0.3 is 10.1 Å². The fraction of sp³-hybridized carbons (Fsp3) is 0.500. The zero-order chi connectivity index (χ0) is 13.9. The molecule has 0 unspecified atom stereocenters. The summed E-state index contributed by atoms with van der Waals surface area (Å²) < 4.78 is 5.32. The molecule has 1 N–H and O–H groups in total. The van der Waals surface area contributed by atoms with Gasteiger partial charge in [-0.3, -0.25) is 4.79 Å². The number of alkyl halides is 1. The Balaban J connectivity index is 2.15. The third-order valence-electron chi connectivity index (χ3n) is 3.39. The van der Waals surface area contributed by atoms with E-state index in [2.05, 4.69) is 5.32 Å². The average Bonchev–Trinajstić information content (AvgIpc) is 2.38. The summed E-state index contributed by atoms with van der Waals surface area (Å²) in [6, 6.07) is 5.32. The maximum Gasteiger partial charge on any atom is 0.251 e. The summed E-state index contributed by atoms with van der Waals surface area (Å²) in [7, 11) is 0. The highest BCUT2D eigenvalue weighted by Crippen LogP contribution is 2.23. The molecule has 0 aromatic heterocycles. The number of hydrogen-bond acceptors (Lipinski definition) is 2. The summed E-state index contributed by atoms with van der Waals surface area (Å²) in [6.07, 6.45) is 1.48. The molecule has 1 aromatic rings. The molecule has 1 aliphatic rings. The number of benzene rings is 1. The third kappa shape index (κ3) is 3.62. The number of carbonyl (C=O) groups is 1. The summed E-state index contributed by atoms with van der Waals surface area (Å²) in [4.78, 5) is 12.3. The predicted molar refractivity (Wildman–Crippen MR) is 77.2 cm³/mol. The number of nitrogens with one attached hydrogen (secondary N) is 1. The van der Waals surface area contributed by atoms with Crippen LogP contribution >= 0.6 is 23.2 Å². The smallest absolute Gasteiger partial charge is 0.251 e. The zero-order valence-corrected chi connectivity index (χ0v) is 12.4. The first-order valence-electron chi connectivity index (χ1n) is 6.28. The molecule has 1 aliphatic heterocycles. The van der Waals surface area contributed by atoms with Crippen molar-refractivity contribution < 1.29 is 9.53 Å². The third-order valence-corrected chi connectivity index (χ3v) is 4.12. The Morgan fingerprint density at radius 1 is 1.37 bits per heavy atom. The Morgan fingerprint density at radius 3 is 2.63 bits per heavy atom. The zero-order valence-electron chi connectivity index (χ0n) is 10.8. The monoisotopic (exact) mass is 301 g/mol. The van der Waals surface area contributed by atoms with Crippen LogP contribution in [0.25, 0.3) is 0 Å². The van der Waals surface area contributed by atoms with E-state index in [0.29, 0.717) is 29.7 Å². The summed E-state index contributed by atoms with van der Waals surface area (Å²) in [5, 5.41) is 3.61. The van der Waals surface area contributed by atoms with Crippen molar-refractivity contribution in [3.8, 4) is 0 Å². The fourth-order valence-electron chi connectivity index (χ4n) is 2.23. The molecule has 19 heavy (non-hydrogen) atoms. The van der Waals surface area contributed by atoms with Crippen LogP contribution in [-0.2, 0) is 4.74 Å². The van der Waals surface area contributed by atoms with E-state index in [4.69, 9.17) is 27.9 Å². The van der Waals surface area contributed by atoms with Crippen LogP contribution in [0, 0.1) is 6.92 Å². The Hall–Kier alpha value is -0.770. The molecule has 1 heterocycles. The summed E-state index contributed by atoms with van der Waals surface area (Å²) in [5.74, 6) is 0.259. The van der Waals surface area contributed by atoms with E-state index in [9.17, 15) is 4.79 Å². The number of halogens is 2. The lowest BCUT2D eigenvalue weighted by atomic mass is 9.91. The average molecular weight is 302 g/mol. The topological polar surface area (TPSA) is 38.3 Å². The van der Waals surface area contributed by atoms with Gasteiger partial charge >= 0.3 is 0 Å². The predicted octanol–water partition coefficient (Wildman–Crippen LogP) is 3.17. The van der Waals surface area contributed by atoms with Crippen molar-refractivity contribution in [2.75, 3.05) is 19.1 Å². The molecular weight excluding hydrogens is 285 g/mol. The molecule has 2 rings (SSSR count). The summed E-state index contributed by atoms with van der Waals surface area (Å²) in [5.41, 5.74) is 1.16. The van der Waals surface area contributed by atoms with Gasteiger partial charge in [-0.1, -0.05) is 11.6 Å². The molecule has 1 fully saturated rings. The van der Waals surface area contributed by atoms with Crippen molar-refractivity contribution in [3.05, 3.63) is 34.3 Å². The van der Waals surface area contributed by atoms with Crippen molar-refractivity contribution in [2.24, 2.45) is 0 Å². The van der Waals surface area contributed by atoms with E-state index in [-0.39, 0.29) is 11.4 Å². The normalized spacial score (nSPS) is 18.1. The van der Waals surface area contributed by atoms with E-state index < -0.39 is 0 Å². The number of ether oxygens (including phenoxy) is 1. The molecule has 104 valence electrons. The van der Waals surface area contributed by atoms with Crippen molar-refractivity contribution in [1.29, 1.82) is 0 Å². The number of aryl methyl sites for hydroxylation is 1. The maximum absolute atomic E-state index is 12.3. The molecule has 0 bridgehead atoms. The minimum atomic E-state index is -0.368. The molecule has 1 aromatic carbocycles. The van der Waals surface area contributed by atoms with Crippen molar-refractivity contribution >= 4 is 29.1 Å². The molecule has 3 nitrogen and oxygen atoms in total. The number of carbonyl (C=O) groups excluding carboxylic acids is 1. The molecule has 0 radical (unpaired) electrons. The van der Waals surface area contributed by atoms with Crippen molar-refractivity contribution in [2.45, 2.75) is 25.3 Å². The van der Waals surface area contributed by atoms with Gasteiger partial charge in [-0.25, -0.2) is 0 Å². The summed E-state index contributed by atoms with van der Waals surface area (Å²) >= 11 is 12.0. The van der Waals surface area contributed by atoms with Gasteiger partial charge in [0.25, 0.3) is 5.91 Å². The van der Waals surface area contributed by atoms with Crippen LogP contribution in [0.2, 0.25) is 5.02 Å². The number of hydrogen-bond donors (Lipinski definition) is 1. The number of amides is 1. The Morgan fingerprint density at radius 2 is 2.05 bits per heavy atom. The van der Waals surface area contributed by atoms with E-state index in [1.54, 1.807) is 6.07 Å². The van der Waals surface area contributed by atoms with Crippen LogP contribution in [0.15, 0.2) is 18.2 Å². The largest absolute Gasteiger partial charge is 0.381 e. The van der Waals surface area contributed by atoms with Gasteiger partial charge in [0.2, 0.25) is 0 Å². The fourth-order valence-corrected chi connectivity index (χ4v) is 2.86. The minimum absolute atomic E-state index is 0.131. The van der Waals surface area contributed by atoms with Gasteiger partial charge in [-0.05, 0) is 43.5 Å². The first-order chi connectivity index (χ1) is 9.04. The highest BCUT2D eigenvalue weighted by Gasteiger charge is 2.33. The lowest BCUT2D eigenvalue weighted by molar-refractivity contribution is 0.0434. The lowest BCUT2D eigenvalue weighted by Gasteiger charge is -2.36. The van der Waals surface area contributed by atoms with Gasteiger partial charge in [-0.2, -0.15) is 0 Å². The van der Waals surface area contributed by atoms with Gasteiger partial charge in [-0.15, -0.1) is 11.6 Å². The second kappa shape index (κ2) is 6.12.